The van der Waals surface area contributed by atoms with Crippen LogP contribution in [0.2, 0.25) is 5.02 Å². The van der Waals surface area contributed by atoms with Crippen molar-refractivity contribution in [3.8, 4) is 0 Å². The number of aliphatic hydroxyl groups is 1. The monoisotopic (exact) mass is 523 g/mol. The minimum Gasteiger partial charge on any atom is -0.378 e. The summed E-state index contributed by atoms with van der Waals surface area (Å²) >= 11 is 6.29. The lowest BCUT2D eigenvalue weighted by Crippen LogP contribution is -2.44. The molecular formula is C30H38ClN3O3. The molecule has 4 unspecified atom stereocenters. The van der Waals surface area contributed by atoms with Gasteiger partial charge in [-0.15, -0.1) is 0 Å². The van der Waals surface area contributed by atoms with E-state index < -0.39 is 6.23 Å². The van der Waals surface area contributed by atoms with Gasteiger partial charge < -0.3 is 20.1 Å². The van der Waals surface area contributed by atoms with Gasteiger partial charge in [-0.2, -0.15) is 0 Å². The Kier molecular flexibility index (Phi) is 6.93. The summed E-state index contributed by atoms with van der Waals surface area (Å²) in [4.78, 5) is 20.1. The van der Waals surface area contributed by atoms with Gasteiger partial charge in [0.05, 0.1) is 25.1 Å². The molecule has 2 heterocycles. The van der Waals surface area contributed by atoms with Gasteiger partial charge in [0.1, 0.15) is 17.8 Å². The number of halogens is 1. The third-order valence-electron chi connectivity index (χ3n) is 9.78. The summed E-state index contributed by atoms with van der Waals surface area (Å²) in [5.41, 5.74) is 3.71. The molecule has 6 atom stereocenters. The zero-order valence-corrected chi connectivity index (χ0v) is 22.4. The molecule has 2 N–H and O–H groups in total. The zero-order chi connectivity index (χ0) is 25.6. The highest BCUT2D eigenvalue weighted by atomic mass is 35.5. The second-order valence-corrected chi connectivity index (χ2v) is 12.2. The van der Waals surface area contributed by atoms with Crippen molar-refractivity contribution in [2.24, 2.45) is 23.2 Å². The van der Waals surface area contributed by atoms with Gasteiger partial charge >= 0.3 is 0 Å². The molecule has 0 radical (unpaired) electrons. The molecule has 1 saturated heterocycles. The molecule has 0 amide bonds. The smallest absolute Gasteiger partial charge is 0.139 e. The van der Waals surface area contributed by atoms with E-state index in [1.807, 2.05) is 24.4 Å². The van der Waals surface area contributed by atoms with E-state index in [4.69, 9.17) is 16.3 Å². The molecule has 0 bridgehead atoms. The fraction of sp³-hybridized carbons (Fsp3) is 0.600. The molecule has 4 aliphatic rings. The molecule has 1 aromatic heterocycles. The Morgan fingerprint density at radius 1 is 1.24 bits per heavy atom. The van der Waals surface area contributed by atoms with Gasteiger partial charge in [-0.05, 0) is 97.6 Å². The number of benzene rings is 1. The van der Waals surface area contributed by atoms with E-state index >= 15 is 0 Å². The number of carbonyl (C=O) groups excluding carboxylic acids is 1. The van der Waals surface area contributed by atoms with Gasteiger partial charge in [-0.3, -0.25) is 4.79 Å². The van der Waals surface area contributed by atoms with Crippen LogP contribution >= 0.6 is 11.6 Å². The van der Waals surface area contributed by atoms with Crippen LogP contribution in [-0.4, -0.2) is 48.4 Å². The Balaban J connectivity index is 1.10. The number of Topliss-reactive ketones (excluding diaryl/α,β-unsaturated/α-hetero) is 1. The summed E-state index contributed by atoms with van der Waals surface area (Å²) in [5, 5.41) is 14.8. The normalized spacial score (nSPS) is 31.9. The molecule has 3 aliphatic carbocycles. The lowest BCUT2D eigenvalue weighted by molar-refractivity contribution is -0.129. The second-order valence-electron chi connectivity index (χ2n) is 11.8. The lowest BCUT2D eigenvalue weighted by Gasteiger charge is -2.50. The fourth-order valence-electron chi connectivity index (χ4n) is 7.97. The van der Waals surface area contributed by atoms with E-state index in [1.165, 1.54) is 11.1 Å². The predicted octanol–water partition coefficient (Wildman–Crippen LogP) is 5.43. The molecule has 37 heavy (non-hydrogen) atoms. The minimum atomic E-state index is -0.683. The highest BCUT2D eigenvalue weighted by Crippen LogP contribution is 2.62. The van der Waals surface area contributed by atoms with Crippen LogP contribution in [-0.2, 0) is 16.0 Å². The van der Waals surface area contributed by atoms with Crippen LogP contribution in [0.25, 0.3) is 0 Å². The van der Waals surface area contributed by atoms with Gasteiger partial charge in [0, 0.05) is 29.9 Å². The average molecular weight is 524 g/mol. The number of anilines is 2. The van der Waals surface area contributed by atoms with Crippen molar-refractivity contribution in [2.75, 3.05) is 36.5 Å². The van der Waals surface area contributed by atoms with Crippen LogP contribution in [0.15, 0.2) is 36.5 Å². The van der Waals surface area contributed by atoms with E-state index in [0.29, 0.717) is 48.1 Å². The summed E-state index contributed by atoms with van der Waals surface area (Å²) in [6, 6.07) is 10.4. The van der Waals surface area contributed by atoms with Crippen molar-refractivity contribution in [2.45, 2.75) is 64.0 Å². The average Bonchev–Trinajstić information content (AvgIpc) is 3.17. The molecule has 0 spiro atoms. The highest BCUT2D eigenvalue weighted by molar-refractivity contribution is 6.30. The Morgan fingerprint density at radius 3 is 2.86 bits per heavy atom. The van der Waals surface area contributed by atoms with E-state index in [2.05, 4.69) is 34.3 Å². The number of ketones is 1. The van der Waals surface area contributed by atoms with E-state index in [-0.39, 0.29) is 5.41 Å². The van der Waals surface area contributed by atoms with E-state index in [1.54, 1.807) is 0 Å². The number of hydrogen-bond donors (Lipinski definition) is 2. The summed E-state index contributed by atoms with van der Waals surface area (Å²) in [7, 11) is 0. The zero-order valence-electron chi connectivity index (χ0n) is 21.7. The number of pyridine rings is 1. The summed E-state index contributed by atoms with van der Waals surface area (Å²) in [5.74, 6) is 2.88. The van der Waals surface area contributed by atoms with E-state index in [9.17, 15) is 9.90 Å². The van der Waals surface area contributed by atoms with Crippen LogP contribution < -0.4 is 10.2 Å². The third-order valence-corrected chi connectivity index (χ3v) is 10.0. The van der Waals surface area contributed by atoms with Crippen LogP contribution in [0.5, 0.6) is 0 Å². The van der Waals surface area contributed by atoms with Crippen LogP contribution in [0.1, 0.15) is 62.5 Å². The number of aryl methyl sites for hydroxylation is 1. The molecule has 1 aromatic carbocycles. The molecule has 7 heteroatoms. The largest absolute Gasteiger partial charge is 0.378 e. The van der Waals surface area contributed by atoms with Crippen molar-refractivity contribution in [3.63, 3.8) is 0 Å². The first-order valence-corrected chi connectivity index (χ1v) is 14.3. The van der Waals surface area contributed by atoms with Crippen LogP contribution in [0, 0.1) is 23.2 Å². The van der Waals surface area contributed by atoms with Gasteiger partial charge in [0.15, 0.2) is 0 Å². The molecular weight excluding hydrogens is 486 g/mol. The molecule has 1 aliphatic heterocycles. The molecule has 3 fully saturated rings. The predicted molar refractivity (Wildman–Crippen MR) is 146 cm³/mol. The topological polar surface area (TPSA) is 74.7 Å². The number of morpholine rings is 1. The van der Waals surface area contributed by atoms with Crippen molar-refractivity contribution < 1.29 is 14.6 Å². The molecule has 6 rings (SSSR count). The molecule has 198 valence electrons. The van der Waals surface area contributed by atoms with Crippen molar-refractivity contribution in [1.29, 1.82) is 0 Å². The maximum absolute atomic E-state index is 13.3. The number of nitrogens with zero attached hydrogens (tertiary/aromatic N) is 2. The number of fused-ring (bicyclic) bond motifs is 5. The summed E-state index contributed by atoms with van der Waals surface area (Å²) < 4.78 is 5.43. The first-order valence-electron chi connectivity index (χ1n) is 14.0. The number of aliphatic hydroxyl groups excluding tert-OH is 1. The highest BCUT2D eigenvalue weighted by Gasteiger charge is 2.58. The van der Waals surface area contributed by atoms with E-state index in [0.717, 1.165) is 69.1 Å². The fourth-order valence-corrected chi connectivity index (χ4v) is 8.17. The molecule has 6 nitrogen and oxygen atoms in total. The lowest BCUT2D eigenvalue weighted by atomic mass is 9.54. The van der Waals surface area contributed by atoms with Gasteiger partial charge in [0.25, 0.3) is 0 Å². The number of carbonyl (C=O) groups is 1. The third kappa shape index (κ3) is 4.77. The Bertz CT molecular complexity index is 1140. The molecule has 2 saturated carbocycles. The van der Waals surface area contributed by atoms with Crippen molar-refractivity contribution in [1.82, 2.24) is 4.98 Å². The number of aromatic nitrogens is 1. The maximum Gasteiger partial charge on any atom is 0.139 e. The number of nitrogens with one attached hydrogen (secondary N) is 1. The Hall–Kier alpha value is -2.15. The quantitative estimate of drug-likeness (QED) is 0.491. The summed E-state index contributed by atoms with van der Waals surface area (Å²) in [6.07, 6.45) is 7.51. The maximum atomic E-state index is 13.3. The minimum absolute atomic E-state index is 0.217. The Morgan fingerprint density at radius 2 is 2.08 bits per heavy atom. The van der Waals surface area contributed by atoms with Crippen molar-refractivity contribution >= 4 is 28.9 Å². The number of ether oxygens (including phenoxy) is 1. The SMILES string of the molecule is C[C@]12CCC3c4ccc(Cl)cc4CCC3C1[C@H](CCC(O)Nc1ccc(N3CCOCC3)cn1)CC2=O. The van der Waals surface area contributed by atoms with Crippen molar-refractivity contribution in [3.05, 3.63) is 52.7 Å². The number of rotatable bonds is 6. The molecule has 2 aromatic rings. The van der Waals surface area contributed by atoms with Crippen LogP contribution in [0.4, 0.5) is 11.5 Å². The van der Waals surface area contributed by atoms with Gasteiger partial charge in [-0.1, -0.05) is 24.6 Å². The van der Waals surface area contributed by atoms with Gasteiger partial charge in [-0.25, -0.2) is 4.98 Å². The van der Waals surface area contributed by atoms with Gasteiger partial charge in [0.2, 0.25) is 0 Å². The Labute approximate surface area is 224 Å². The summed E-state index contributed by atoms with van der Waals surface area (Å²) in [6.45, 7) is 5.45. The first kappa shape index (κ1) is 25.1. The standard InChI is InChI=1S/C30H38ClN3O3/c1-30-11-10-24-23-7-4-21(31)16-19(23)2-6-25(24)29(30)20(17-26(30)35)3-9-28(36)33-27-8-5-22(18-32-27)34-12-14-37-15-13-34/h4-5,7-8,16,18,20,24-25,28-29,36H,2-3,6,9-15,17H2,1H3,(H,32,33)/t20-,24?,25?,28?,29?,30-/m1/s1. The van der Waals surface area contributed by atoms with Crippen LogP contribution in [0.3, 0.4) is 0 Å². The number of hydrogen-bond acceptors (Lipinski definition) is 6. The first-order chi connectivity index (χ1) is 17.9. The second kappa shape index (κ2) is 10.2.